The summed E-state index contributed by atoms with van der Waals surface area (Å²) in [4.78, 5) is 22.3. The zero-order chi connectivity index (χ0) is 14.8. The van der Waals surface area contributed by atoms with Gasteiger partial charge >= 0.3 is 5.97 Å². The third-order valence-electron chi connectivity index (χ3n) is 3.86. The van der Waals surface area contributed by atoms with E-state index in [4.69, 9.17) is 9.47 Å². The van der Waals surface area contributed by atoms with E-state index in [2.05, 4.69) is 21.8 Å². The molecule has 6 nitrogen and oxygen atoms in total. The molecule has 1 saturated carbocycles. The normalized spacial score (nSPS) is 25.7. The van der Waals surface area contributed by atoms with Crippen LogP contribution in [0, 0.1) is 5.92 Å². The zero-order valence-electron chi connectivity index (χ0n) is 12.5. The summed E-state index contributed by atoms with van der Waals surface area (Å²) >= 11 is 0. The van der Waals surface area contributed by atoms with Gasteiger partial charge in [-0.2, -0.15) is 0 Å². The lowest BCUT2D eigenvalue weighted by Crippen LogP contribution is -2.48. The lowest BCUT2D eigenvalue weighted by molar-refractivity contribution is -0.0273. The summed E-state index contributed by atoms with van der Waals surface area (Å²) in [6, 6.07) is 1.84. The first-order valence-corrected chi connectivity index (χ1v) is 7.58. The highest BCUT2D eigenvalue weighted by atomic mass is 16.5. The van der Waals surface area contributed by atoms with Crippen LogP contribution >= 0.6 is 0 Å². The smallest absolute Gasteiger partial charge is 0.376 e. The minimum atomic E-state index is -0.473. The van der Waals surface area contributed by atoms with E-state index in [9.17, 15) is 4.79 Å². The molecule has 0 bridgehead atoms. The number of esters is 1. The Hall–Kier alpha value is -1.69. The number of carbonyl (C=O) groups is 1. The van der Waals surface area contributed by atoms with Crippen molar-refractivity contribution in [1.82, 2.24) is 9.97 Å². The van der Waals surface area contributed by atoms with E-state index in [-0.39, 0.29) is 18.0 Å². The summed E-state index contributed by atoms with van der Waals surface area (Å²) in [5.41, 5.74) is 0. The first-order chi connectivity index (χ1) is 10.2. The van der Waals surface area contributed by atoms with Crippen molar-refractivity contribution in [3.05, 3.63) is 18.1 Å². The molecule has 0 N–H and O–H groups in total. The summed E-state index contributed by atoms with van der Waals surface area (Å²) in [6.45, 7) is 5.78. The fraction of sp³-hybridized carbons (Fsp3) is 0.667. The van der Waals surface area contributed by atoms with Crippen LogP contribution in [0.5, 0.6) is 0 Å². The molecule has 1 aromatic rings. The molecule has 1 aromatic heterocycles. The van der Waals surface area contributed by atoms with Crippen molar-refractivity contribution in [2.45, 2.75) is 38.9 Å². The van der Waals surface area contributed by atoms with Crippen molar-refractivity contribution in [2.75, 3.05) is 24.6 Å². The third-order valence-corrected chi connectivity index (χ3v) is 3.86. The van der Waals surface area contributed by atoms with Gasteiger partial charge in [0.25, 0.3) is 0 Å². The molecule has 2 aliphatic rings. The number of hydrogen-bond acceptors (Lipinski definition) is 6. The number of ether oxygens (including phenoxy) is 2. The standard InChI is InChI=1S/C15H21N3O3/c1-3-20-15(19)14-16-7-6-13(17-14)18-8-10(2)21-12(9-18)11-4-5-11/h6-7,10-12H,3-5,8-9H2,1-2H3. The van der Waals surface area contributed by atoms with Gasteiger partial charge in [0.2, 0.25) is 5.82 Å². The molecule has 2 heterocycles. The molecule has 0 radical (unpaired) electrons. The summed E-state index contributed by atoms with van der Waals surface area (Å²) in [6.07, 6.45) is 4.56. The van der Waals surface area contributed by atoms with Crippen LogP contribution in [0.3, 0.4) is 0 Å². The SMILES string of the molecule is CCOC(=O)c1nccc(N2CC(C)OC(C3CC3)C2)n1. The molecule has 2 unspecified atom stereocenters. The Balaban J connectivity index is 1.75. The van der Waals surface area contributed by atoms with E-state index in [0.717, 1.165) is 18.9 Å². The molecule has 6 heteroatoms. The number of hydrogen-bond donors (Lipinski definition) is 0. The molecule has 1 aliphatic carbocycles. The summed E-state index contributed by atoms with van der Waals surface area (Å²) in [5.74, 6) is 1.10. The minimum absolute atomic E-state index is 0.122. The van der Waals surface area contributed by atoms with Crippen LogP contribution in [0.4, 0.5) is 5.82 Å². The second-order valence-electron chi connectivity index (χ2n) is 5.69. The zero-order valence-corrected chi connectivity index (χ0v) is 12.5. The van der Waals surface area contributed by atoms with Crippen molar-refractivity contribution in [3.63, 3.8) is 0 Å². The maximum Gasteiger partial charge on any atom is 0.376 e. The van der Waals surface area contributed by atoms with Crippen molar-refractivity contribution in [1.29, 1.82) is 0 Å². The van der Waals surface area contributed by atoms with Gasteiger partial charge in [-0.1, -0.05) is 0 Å². The summed E-state index contributed by atoms with van der Waals surface area (Å²) in [5, 5.41) is 0. The average Bonchev–Trinajstić information content (AvgIpc) is 3.32. The molecule has 0 aromatic carbocycles. The molecule has 114 valence electrons. The highest BCUT2D eigenvalue weighted by Gasteiger charge is 2.37. The molecular formula is C15H21N3O3. The van der Waals surface area contributed by atoms with Gasteiger partial charge in [-0.15, -0.1) is 0 Å². The molecular weight excluding hydrogens is 270 g/mol. The Kier molecular flexibility index (Phi) is 4.05. The van der Waals surface area contributed by atoms with Crippen molar-refractivity contribution >= 4 is 11.8 Å². The molecule has 21 heavy (non-hydrogen) atoms. The first kappa shape index (κ1) is 14.3. The Bertz CT molecular complexity index is 519. The van der Waals surface area contributed by atoms with Crippen molar-refractivity contribution < 1.29 is 14.3 Å². The number of rotatable bonds is 4. The summed E-state index contributed by atoms with van der Waals surface area (Å²) < 4.78 is 11.0. The molecule has 1 aliphatic heterocycles. The number of anilines is 1. The molecule has 1 saturated heterocycles. The Morgan fingerprint density at radius 3 is 3.00 bits per heavy atom. The first-order valence-electron chi connectivity index (χ1n) is 7.58. The van der Waals surface area contributed by atoms with Crippen LogP contribution in [-0.2, 0) is 9.47 Å². The quantitative estimate of drug-likeness (QED) is 0.786. The topological polar surface area (TPSA) is 64.5 Å². The van der Waals surface area contributed by atoms with Crippen LogP contribution in [0.2, 0.25) is 0 Å². The number of carbonyl (C=O) groups excluding carboxylic acids is 1. The Morgan fingerprint density at radius 1 is 1.48 bits per heavy atom. The van der Waals surface area contributed by atoms with Gasteiger partial charge in [-0.05, 0) is 38.7 Å². The van der Waals surface area contributed by atoms with Crippen LogP contribution in [0.25, 0.3) is 0 Å². The minimum Gasteiger partial charge on any atom is -0.460 e. The second kappa shape index (κ2) is 5.97. The van der Waals surface area contributed by atoms with Gasteiger partial charge in [0, 0.05) is 19.3 Å². The second-order valence-corrected chi connectivity index (χ2v) is 5.69. The van der Waals surface area contributed by atoms with Crippen molar-refractivity contribution in [2.24, 2.45) is 5.92 Å². The lowest BCUT2D eigenvalue weighted by Gasteiger charge is -2.37. The average molecular weight is 291 g/mol. The monoisotopic (exact) mass is 291 g/mol. The van der Waals surface area contributed by atoms with E-state index >= 15 is 0 Å². The molecule has 2 atom stereocenters. The van der Waals surface area contributed by atoms with Crippen LogP contribution in [0.1, 0.15) is 37.3 Å². The maximum atomic E-state index is 11.7. The van der Waals surface area contributed by atoms with Gasteiger partial charge in [0.1, 0.15) is 5.82 Å². The maximum absolute atomic E-state index is 11.7. The van der Waals surface area contributed by atoms with Gasteiger partial charge in [-0.3, -0.25) is 0 Å². The van der Waals surface area contributed by atoms with Crippen LogP contribution in [-0.4, -0.2) is 47.8 Å². The highest BCUT2D eigenvalue weighted by molar-refractivity contribution is 5.85. The summed E-state index contributed by atoms with van der Waals surface area (Å²) in [7, 11) is 0. The van der Waals surface area contributed by atoms with E-state index < -0.39 is 5.97 Å². The van der Waals surface area contributed by atoms with E-state index in [1.807, 2.05) is 6.07 Å². The highest BCUT2D eigenvalue weighted by Crippen LogP contribution is 2.37. The predicted octanol–water partition coefficient (Wildman–Crippen LogP) is 1.66. The largest absolute Gasteiger partial charge is 0.460 e. The van der Waals surface area contributed by atoms with Crippen LogP contribution in [0.15, 0.2) is 12.3 Å². The Labute approximate surface area is 124 Å². The van der Waals surface area contributed by atoms with E-state index in [1.54, 1.807) is 13.1 Å². The van der Waals surface area contributed by atoms with E-state index in [0.29, 0.717) is 12.5 Å². The van der Waals surface area contributed by atoms with Crippen molar-refractivity contribution in [3.8, 4) is 0 Å². The Morgan fingerprint density at radius 2 is 2.29 bits per heavy atom. The van der Waals surface area contributed by atoms with Gasteiger partial charge in [0.05, 0.1) is 18.8 Å². The van der Waals surface area contributed by atoms with Gasteiger partial charge in [-0.25, -0.2) is 14.8 Å². The number of nitrogens with zero attached hydrogens (tertiary/aromatic N) is 3. The van der Waals surface area contributed by atoms with E-state index in [1.165, 1.54) is 12.8 Å². The number of morpholine rings is 1. The predicted molar refractivity (Wildman–Crippen MR) is 77.3 cm³/mol. The van der Waals surface area contributed by atoms with Gasteiger partial charge < -0.3 is 14.4 Å². The molecule has 2 fully saturated rings. The molecule has 0 amide bonds. The molecule has 3 rings (SSSR count). The number of aromatic nitrogens is 2. The fourth-order valence-corrected chi connectivity index (χ4v) is 2.72. The fourth-order valence-electron chi connectivity index (χ4n) is 2.72. The lowest BCUT2D eigenvalue weighted by atomic mass is 10.1. The molecule has 0 spiro atoms. The third kappa shape index (κ3) is 3.32. The van der Waals surface area contributed by atoms with Crippen LogP contribution < -0.4 is 4.90 Å². The van der Waals surface area contributed by atoms with Gasteiger partial charge in [0.15, 0.2) is 0 Å².